The number of rotatable bonds is 10. The van der Waals surface area contributed by atoms with Gasteiger partial charge in [-0.05, 0) is 13.3 Å². The standard InChI is InChI=1S/C13H26N2O/c1-3-4-5-6-7-8-10-16-11-9-13(2,15)12-14/h3-11,15H2,1-2H3. The molecule has 0 radical (unpaired) electrons. The Bertz CT molecular complexity index is 197. The van der Waals surface area contributed by atoms with Gasteiger partial charge in [-0.3, -0.25) is 0 Å². The van der Waals surface area contributed by atoms with Gasteiger partial charge in [-0.2, -0.15) is 5.26 Å². The van der Waals surface area contributed by atoms with E-state index in [-0.39, 0.29) is 0 Å². The molecule has 94 valence electrons. The summed E-state index contributed by atoms with van der Waals surface area (Å²) in [5, 5.41) is 8.69. The Labute approximate surface area is 100.0 Å². The molecule has 1 atom stereocenters. The number of nitriles is 1. The summed E-state index contributed by atoms with van der Waals surface area (Å²) >= 11 is 0. The first-order valence-electron chi connectivity index (χ1n) is 6.40. The Morgan fingerprint density at radius 1 is 1.12 bits per heavy atom. The predicted molar refractivity (Wildman–Crippen MR) is 67.0 cm³/mol. The molecule has 0 fully saturated rings. The van der Waals surface area contributed by atoms with E-state index in [1.165, 1.54) is 32.1 Å². The number of nitrogens with zero attached hydrogens (tertiary/aromatic N) is 1. The SMILES string of the molecule is CCCCCCCCOCCC(C)(N)C#N. The van der Waals surface area contributed by atoms with Crippen LogP contribution in [0.15, 0.2) is 0 Å². The molecule has 0 amide bonds. The van der Waals surface area contributed by atoms with Gasteiger partial charge in [-0.25, -0.2) is 0 Å². The van der Waals surface area contributed by atoms with Crippen molar-refractivity contribution < 1.29 is 4.74 Å². The van der Waals surface area contributed by atoms with Crippen LogP contribution in [-0.2, 0) is 4.74 Å². The molecular weight excluding hydrogens is 200 g/mol. The molecule has 2 N–H and O–H groups in total. The van der Waals surface area contributed by atoms with Gasteiger partial charge in [-0.15, -0.1) is 0 Å². The van der Waals surface area contributed by atoms with Crippen LogP contribution in [0.5, 0.6) is 0 Å². The minimum Gasteiger partial charge on any atom is -0.381 e. The minimum atomic E-state index is -0.735. The molecule has 0 saturated heterocycles. The third kappa shape index (κ3) is 9.95. The monoisotopic (exact) mass is 226 g/mol. The van der Waals surface area contributed by atoms with Crippen molar-refractivity contribution in [2.45, 2.75) is 64.3 Å². The van der Waals surface area contributed by atoms with E-state index in [1.54, 1.807) is 6.92 Å². The highest BCUT2D eigenvalue weighted by Crippen LogP contribution is 2.06. The number of hydrogen-bond acceptors (Lipinski definition) is 3. The smallest absolute Gasteiger partial charge is 0.103 e. The second-order valence-electron chi connectivity index (χ2n) is 4.66. The zero-order valence-corrected chi connectivity index (χ0v) is 10.8. The van der Waals surface area contributed by atoms with Gasteiger partial charge in [0.15, 0.2) is 0 Å². The number of hydrogen-bond donors (Lipinski definition) is 1. The fourth-order valence-corrected chi connectivity index (χ4v) is 1.43. The lowest BCUT2D eigenvalue weighted by molar-refractivity contribution is 0.119. The molecule has 16 heavy (non-hydrogen) atoms. The van der Waals surface area contributed by atoms with E-state index in [9.17, 15) is 0 Å². The summed E-state index contributed by atoms with van der Waals surface area (Å²) in [6.07, 6.45) is 8.26. The lowest BCUT2D eigenvalue weighted by Gasteiger charge is -2.14. The van der Waals surface area contributed by atoms with Crippen LogP contribution in [0.2, 0.25) is 0 Å². The Hall–Kier alpha value is -0.590. The molecule has 1 unspecified atom stereocenters. The van der Waals surface area contributed by atoms with Crippen LogP contribution in [0.1, 0.15) is 58.8 Å². The molecule has 0 aliphatic heterocycles. The summed E-state index contributed by atoms with van der Waals surface area (Å²) in [4.78, 5) is 0. The van der Waals surface area contributed by atoms with Gasteiger partial charge in [0.05, 0.1) is 6.07 Å². The minimum absolute atomic E-state index is 0.593. The molecule has 0 aromatic heterocycles. The van der Waals surface area contributed by atoms with Crippen LogP contribution in [-0.4, -0.2) is 18.8 Å². The molecule has 3 nitrogen and oxygen atoms in total. The lowest BCUT2D eigenvalue weighted by Crippen LogP contribution is -2.35. The summed E-state index contributed by atoms with van der Waals surface area (Å²) < 4.78 is 5.45. The fourth-order valence-electron chi connectivity index (χ4n) is 1.43. The molecule has 0 aliphatic rings. The molecule has 0 aromatic carbocycles. The van der Waals surface area contributed by atoms with Gasteiger partial charge in [0.25, 0.3) is 0 Å². The van der Waals surface area contributed by atoms with Crippen molar-refractivity contribution in [3.63, 3.8) is 0 Å². The number of nitrogens with two attached hydrogens (primary N) is 1. The predicted octanol–water partition coefficient (Wildman–Crippen LogP) is 2.99. The average Bonchev–Trinajstić information content (AvgIpc) is 2.27. The molecule has 3 heteroatoms. The Kier molecular flexibility index (Phi) is 9.27. The van der Waals surface area contributed by atoms with Gasteiger partial charge in [0, 0.05) is 19.6 Å². The normalized spacial score (nSPS) is 14.4. The number of ether oxygens (including phenoxy) is 1. The van der Waals surface area contributed by atoms with E-state index >= 15 is 0 Å². The van der Waals surface area contributed by atoms with Gasteiger partial charge < -0.3 is 10.5 Å². The molecular formula is C13H26N2O. The number of unbranched alkanes of at least 4 members (excludes halogenated alkanes) is 5. The largest absolute Gasteiger partial charge is 0.381 e. The van der Waals surface area contributed by atoms with Crippen LogP contribution in [0.25, 0.3) is 0 Å². The van der Waals surface area contributed by atoms with Crippen LogP contribution in [0, 0.1) is 11.3 Å². The van der Waals surface area contributed by atoms with E-state index in [1.807, 2.05) is 0 Å². The Morgan fingerprint density at radius 3 is 2.38 bits per heavy atom. The van der Waals surface area contributed by atoms with Gasteiger partial charge in [-0.1, -0.05) is 39.0 Å². The molecule has 0 heterocycles. The van der Waals surface area contributed by atoms with E-state index in [0.717, 1.165) is 13.0 Å². The molecule has 0 aliphatic carbocycles. The highest BCUT2D eigenvalue weighted by molar-refractivity contribution is 5.00. The van der Waals surface area contributed by atoms with Crippen molar-refractivity contribution >= 4 is 0 Å². The summed E-state index contributed by atoms with van der Waals surface area (Å²) in [6.45, 7) is 5.35. The molecule has 0 saturated carbocycles. The summed E-state index contributed by atoms with van der Waals surface area (Å²) in [5.41, 5.74) is 4.94. The van der Waals surface area contributed by atoms with Gasteiger partial charge in [0.2, 0.25) is 0 Å². The highest BCUT2D eigenvalue weighted by atomic mass is 16.5. The van der Waals surface area contributed by atoms with Crippen LogP contribution < -0.4 is 5.73 Å². The highest BCUT2D eigenvalue weighted by Gasteiger charge is 2.15. The van der Waals surface area contributed by atoms with Crippen molar-refractivity contribution in [1.29, 1.82) is 5.26 Å². The molecule has 0 bridgehead atoms. The third-order valence-electron chi connectivity index (χ3n) is 2.66. The second kappa shape index (κ2) is 9.62. The van der Waals surface area contributed by atoms with E-state index in [0.29, 0.717) is 13.0 Å². The summed E-state index contributed by atoms with van der Waals surface area (Å²) in [7, 11) is 0. The maximum Gasteiger partial charge on any atom is 0.103 e. The van der Waals surface area contributed by atoms with Gasteiger partial charge in [0.1, 0.15) is 5.54 Å². The van der Waals surface area contributed by atoms with Crippen LogP contribution in [0.4, 0.5) is 0 Å². The van der Waals surface area contributed by atoms with Crippen molar-refractivity contribution in [3.8, 4) is 6.07 Å². The van der Waals surface area contributed by atoms with E-state index < -0.39 is 5.54 Å². The first kappa shape index (κ1) is 15.4. The zero-order chi connectivity index (χ0) is 12.3. The van der Waals surface area contributed by atoms with Crippen LogP contribution >= 0.6 is 0 Å². The van der Waals surface area contributed by atoms with E-state index in [4.69, 9.17) is 15.7 Å². The molecule has 0 spiro atoms. The topological polar surface area (TPSA) is 59.0 Å². The summed E-state index contributed by atoms with van der Waals surface area (Å²) in [5.74, 6) is 0. The average molecular weight is 226 g/mol. The first-order valence-corrected chi connectivity index (χ1v) is 6.40. The molecule has 0 rings (SSSR count). The molecule has 0 aromatic rings. The second-order valence-corrected chi connectivity index (χ2v) is 4.66. The van der Waals surface area contributed by atoms with E-state index in [2.05, 4.69) is 13.0 Å². The Balaban J connectivity index is 3.14. The first-order chi connectivity index (χ1) is 7.62. The quantitative estimate of drug-likeness (QED) is 0.582. The third-order valence-corrected chi connectivity index (χ3v) is 2.66. The van der Waals surface area contributed by atoms with Crippen molar-refractivity contribution in [1.82, 2.24) is 0 Å². The maximum absolute atomic E-state index is 8.69. The zero-order valence-electron chi connectivity index (χ0n) is 10.8. The Morgan fingerprint density at radius 2 is 1.75 bits per heavy atom. The maximum atomic E-state index is 8.69. The summed E-state index contributed by atoms with van der Waals surface area (Å²) in [6, 6.07) is 2.06. The van der Waals surface area contributed by atoms with Crippen LogP contribution in [0.3, 0.4) is 0 Å². The van der Waals surface area contributed by atoms with Crippen molar-refractivity contribution in [3.05, 3.63) is 0 Å². The van der Waals surface area contributed by atoms with Gasteiger partial charge >= 0.3 is 0 Å². The lowest BCUT2D eigenvalue weighted by atomic mass is 10.0. The van der Waals surface area contributed by atoms with Crippen molar-refractivity contribution in [2.75, 3.05) is 13.2 Å². The fraction of sp³-hybridized carbons (Fsp3) is 0.923. The van der Waals surface area contributed by atoms with Crippen molar-refractivity contribution in [2.24, 2.45) is 5.73 Å².